The van der Waals surface area contributed by atoms with Gasteiger partial charge in [-0.25, -0.2) is 4.98 Å². The Labute approximate surface area is 79.3 Å². The van der Waals surface area contributed by atoms with Gasteiger partial charge in [0.15, 0.2) is 0 Å². The van der Waals surface area contributed by atoms with E-state index in [2.05, 4.69) is 4.98 Å². The van der Waals surface area contributed by atoms with Crippen LogP contribution in [-0.2, 0) is 0 Å². The zero-order chi connectivity index (χ0) is 6.85. The molecule has 1 aromatic rings. The van der Waals surface area contributed by atoms with Gasteiger partial charge in [-0.15, -0.1) is 0 Å². The Kier molecular flexibility index (Phi) is 2.62. The van der Waals surface area contributed by atoms with E-state index in [1.807, 2.05) is 51.2 Å². The average molecular weight is 349 g/mol. The van der Waals surface area contributed by atoms with E-state index in [9.17, 15) is 4.39 Å². The molecular weight excluding hydrogens is 347 g/mol. The molecule has 0 aliphatic rings. The van der Waals surface area contributed by atoms with Crippen LogP contribution in [0.25, 0.3) is 0 Å². The smallest absolute Gasteiger partial charge is 0.214 e. The molecule has 48 valence electrons. The third-order valence-electron chi connectivity index (χ3n) is 0.728. The molecule has 0 amide bonds. The second kappa shape index (κ2) is 3.09. The lowest BCUT2D eigenvalue weighted by Crippen LogP contribution is -1.86. The second-order valence-corrected chi connectivity index (χ2v) is 3.78. The Morgan fingerprint density at radius 2 is 2.00 bits per heavy atom. The maximum absolute atomic E-state index is 12.3. The molecular formula is C5H2FI2N. The number of hydrogen-bond acceptors (Lipinski definition) is 1. The molecule has 1 rings (SSSR count). The van der Waals surface area contributed by atoms with E-state index in [-0.39, 0.29) is 0 Å². The van der Waals surface area contributed by atoms with Crippen molar-refractivity contribution in [1.82, 2.24) is 4.98 Å². The summed E-state index contributed by atoms with van der Waals surface area (Å²) < 4.78 is 13.9. The van der Waals surface area contributed by atoms with Crippen LogP contribution in [0.1, 0.15) is 0 Å². The highest BCUT2D eigenvalue weighted by atomic mass is 127. The zero-order valence-electron chi connectivity index (χ0n) is 4.24. The molecule has 0 aromatic carbocycles. The van der Waals surface area contributed by atoms with Crippen LogP contribution in [0.3, 0.4) is 0 Å². The van der Waals surface area contributed by atoms with Crippen molar-refractivity contribution in [3.63, 3.8) is 0 Å². The van der Waals surface area contributed by atoms with Gasteiger partial charge in [0.2, 0.25) is 5.95 Å². The standard InChI is InChI=1S/C5H2FI2N/c6-4-1-3(7)2-5(8)9-4/h1-2H. The Bertz CT molecular complexity index is 176. The first-order valence-corrected chi connectivity index (χ1v) is 4.33. The number of pyridine rings is 1. The molecule has 0 saturated heterocycles. The van der Waals surface area contributed by atoms with E-state index in [0.29, 0.717) is 3.70 Å². The number of hydrogen-bond donors (Lipinski definition) is 0. The maximum atomic E-state index is 12.3. The molecule has 0 unspecified atom stereocenters. The van der Waals surface area contributed by atoms with E-state index in [4.69, 9.17) is 0 Å². The van der Waals surface area contributed by atoms with Crippen molar-refractivity contribution < 1.29 is 4.39 Å². The van der Waals surface area contributed by atoms with Crippen LogP contribution < -0.4 is 0 Å². The fraction of sp³-hybridized carbons (Fsp3) is 0. The third kappa shape index (κ3) is 2.32. The first kappa shape index (κ1) is 7.64. The highest BCUT2D eigenvalue weighted by molar-refractivity contribution is 14.1. The first-order valence-electron chi connectivity index (χ1n) is 2.17. The normalized spacial score (nSPS) is 9.67. The van der Waals surface area contributed by atoms with Crippen LogP contribution in [0.5, 0.6) is 0 Å². The summed E-state index contributed by atoms with van der Waals surface area (Å²) in [6.45, 7) is 0. The molecule has 0 aliphatic heterocycles. The van der Waals surface area contributed by atoms with Gasteiger partial charge in [0.05, 0.1) is 0 Å². The van der Waals surface area contributed by atoms with Gasteiger partial charge in [0.25, 0.3) is 0 Å². The van der Waals surface area contributed by atoms with Crippen molar-refractivity contribution in [3.05, 3.63) is 25.4 Å². The van der Waals surface area contributed by atoms with Crippen LogP contribution in [0.4, 0.5) is 4.39 Å². The first-order chi connectivity index (χ1) is 4.18. The largest absolute Gasteiger partial charge is 0.214 e. The number of halogens is 3. The summed E-state index contributed by atoms with van der Waals surface area (Å²) >= 11 is 4.02. The molecule has 0 radical (unpaired) electrons. The lowest BCUT2D eigenvalue weighted by molar-refractivity contribution is 0.579. The summed E-state index contributed by atoms with van der Waals surface area (Å²) in [4.78, 5) is 3.55. The molecule has 4 heteroatoms. The predicted molar refractivity (Wildman–Crippen MR) is 49.6 cm³/mol. The molecule has 0 saturated carbocycles. The van der Waals surface area contributed by atoms with Crippen LogP contribution >= 0.6 is 45.2 Å². The molecule has 1 heterocycles. The van der Waals surface area contributed by atoms with Crippen molar-refractivity contribution in [2.75, 3.05) is 0 Å². The summed E-state index contributed by atoms with van der Waals surface area (Å²) in [5.74, 6) is -0.411. The number of rotatable bonds is 0. The molecule has 9 heavy (non-hydrogen) atoms. The van der Waals surface area contributed by atoms with Gasteiger partial charge >= 0.3 is 0 Å². The lowest BCUT2D eigenvalue weighted by Gasteiger charge is -1.90. The Morgan fingerprint density at radius 3 is 2.44 bits per heavy atom. The minimum atomic E-state index is -0.411. The second-order valence-electron chi connectivity index (χ2n) is 1.43. The molecule has 0 N–H and O–H groups in total. The minimum Gasteiger partial charge on any atom is -0.214 e. The third-order valence-corrected chi connectivity index (χ3v) is 1.90. The van der Waals surface area contributed by atoms with Crippen molar-refractivity contribution in [2.45, 2.75) is 0 Å². The topological polar surface area (TPSA) is 12.9 Å². The van der Waals surface area contributed by atoms with Gasteiger partial charge in [0.1, 0.15) is 3.70 Å². The van der Waals surface area contributed by atoms with Gasteiger partial charge in [-0.05, 0) is 51.2 Å². The molecule has 1 aromatic heterocycles. The molecule has 0 atom stereocenters. The SMILES string of the molecule is Fc1cc(I)cc(I)n1. The van der Waals surface area contributed by atoms with Crippen molar-refractivity contribution in [1.29, 1.82) is 0 Å². The van der Waals surface area contributed by atoms with Gasteiger partial charge in [-0.3, -0.25) is 0 Å². The number of aromatic nitrogens is 1. The van der Waals surface area contributed by atoms with E-state index in [1.165, 1.54) is 6.07 Å². The summed E-state index contributed by atoms with van der Waals surface area (Å²) in [7, 11) is 0. The van der Waals surface area contributed by atoms with Gasteiger partial charge in [-0.1, -0.05) is 0 Å². The summed E-state index contributed by atoms with van der Waals surface area (Å²) in [6, 6.07) is 3.20. The van der Waals surface area contributed by atoms with Crippen LogP contribution in [0.15, 0.2) is 12.1 Å². The summed E-state index contributed by atoms with van der Waals surface area (Å²) in [5.41, 5.74) is 0. The van der Waals surface area contributed by atoms with Crippen LogP contribution in [0, 0.1) is 13.2 Å². The van der Waals surface area contributed by atoms with Crippen LogP contribution in [0.2, 0.25) is 0 Å². The quantitative estimate of drug-likeness (QED) is 0.518. The number of nitrogens with zero attached hydrogens (tertiary/aromatic N) is 1. The zero-order valence-corrected chi connectivity index (χ0v) is 8.55. The Balaban J connectivity index is 3.17. The van der Waals surface area contributed by atoms with Gasteiger partial charge in [-0.2, -0.15) is 4.39 Å². The van der Waals surface area contributed by atoms with Crippen molar-refractivity contribution in [2.24, 2.45) is 0 Å². The maximum Gasteiger partial charge on any atom is 0.214 e. The summed E-state index contributed by atoms with van der Waals surface area (Å²) in [6.07, 6.45) is 0. The summed E-state index contributed by atoms with van der Waals surface area (Å²) in [5, 5.41) is 0. The minimum absolute atomic E-state index is 0.411. The van der Waals surface area contributed by atoms with E-state index in [1.54, 1.807) is 0 Å². The lowest BCUT2D eigenvalue weighted by atomic mass is 10.5. The predicted octanol–water partition coefficient (Wildman–Crippen LogP) is 2.43. The van der Waals surface area contributed by atoms with E-state index in [0.717, 1.165) is 3.57 Å². The Hall–Kier alpha value is 0.540. The average Bonchev–Trinajstić information content (AvgIpc) is 1.59. The Morgan fingerprint density at radius 1 is 1.33 bits per heavy atom. The fourth-order valence-electron chi connectivity index (χ4n) is 0.436. The fourth-order valence-corrected chi connectivity index (χ4v) is 2.15. The molecule has 0 aliphatic carbocycles. The van der Waals surface area contributed by atoms with Crippen molar-refractivity contribution >= 4 is 45.2 Å². The van der Waals surface area contributed by atoms with E-state index >= 15 is 0 Å². The molecule has 0 bridgehead atoms. The van der Waals surface area contributed by atoms with E-state index < -0.39 is 5.95 Å². The highest BCUT2D eigenvalue weighted by Crippen LogP contribution is 2.08. The highest BCUT2D eigenvalue weighted by Gasteiger charge is 1.94. The van der Waals surface area contributed by atoms with Crippen LogP contribution in [-0.4, -0.2) is 4.98 Å². The van der Waals surface area contributed by atoms with Gasteiger partial charge < -0.3 is 0 Å². The van der Waals surface area contributed by atoms with Gasteiger partial charge in [0, 0.05) is 9.64 Å². The van der Waals surface area contributed by atoms with Crippen molar-refractivity contribution in [3.8, 4) is 0 Å². The monoisotopic (exact) mass is 349 g/mol. The molecule has 1 nitrogen and oxygen atoms in total. The molecule has 0 spiro atoms. The molecule has 0 fully saturated rings.